The molecule has 0 radical (unpaired) electrons. The van der Waals surface area contributed by atoms with Gasteiger partial charge in [0, 0.05) is 31.7 Å². The lowest BCUT2D eigenvalue weighted by Gasteiger charge is -2.26. The number of nitrogens with zero attached hydrogens (tertiary/aromatic N) is 2. The Labute approximate surface area is 171 Å². The topological polar surface area (TPSA) is 85.8 Å². The van der Waals surface area contributed by atoms with Crippen LogP contribution in [0.2, 0.25) is 0 Å². The van der Waals surface area contributed by atoms with Crippen LogP contribution in [-0.4, -0.2) is 48.9 Å². The fourth-order valence-corrected chi connectivity index (χ4v) is 3.04. The number of rotatable bonds is 6. The Balaban J connectivity index is 1.56. The fraction of sp³-hybridized carbons (Fsp3) is 0.318. The van der Waals surface area contributed by atoms with E-state index in [1.54, 1.807) is 17.0 Å². The average Bonchev–Trinajstić information content (AvgIpc) is 2.76. The number of aliphatic imine (C=N–C) groups is 1. The molecule has 1 saturated heterocycles. The SMILES string of the molecule is CCNC(=NCc1ccccc1)NCc1ccc(C(=O)N2CCNC(=O)C2)cc1. The second-order valence-corrected chi connectivity index (χ2v) is 6.81. The van der Waals surface area contributed by atoms with E-state index in [9.17, 15) is 9.59 Å². The molecule has 0 atom stereocenters. The van der Waals surface area contributed by atoms with Gasteiger partial charge < -0.3 is 20.9 Å². The molecule has 0 saturated carbocycles. The van der Waals surface area contributed by atoms with Gasteiger partial charge in [0.05, 0.1) is 13.1 Å². The van der Waals surface area contributed by atoms with Crippen molar-refractivity contribution in [1.29, 1.82) is 0 Å². The van der Waals surface area contributed by atoms with Gasteiger partial charge in [0.25, 0.3) is 5.91 Å². The molecule has 0 unspecified atom stereocenters. The molecule has 152 valence electrons. The summed E-state index contributed by atoms with van der Waals surface area (Å²) in [5.41, 5.74) is 2.79. The number of piperazine rings is 1. The minimum atomic E-state index is -0.115. The Bertz CT molecular complexity index is 849. The molecule has 2 aromatic carbocycles. The molecule has 7 heteroatoms. The highest BCUT2D eigenvalue weighted by Crippen LogP contribution is 2.09. The first-order chi connectivity index (χ1) is 14.2. The van der Waals surface area contributed by atoms with E-state index in [1.165, 1.54) is 0 Å². The maximum atomic E-state index is 12.5. The third-order valence-electron chi connectivity index (χ3n) is 4.59. The highest BCUT2D eigenvalue weighted by Gasteiger charge is 2.22. The molecule has 1 fully saturated rings. The number of guanidine groups is 1. The summed E-state index contributed by atoms with van der Waals surface area (Å²) in [6.07, 6.45) is 0. The number of amides is 2. The molecule has 0 aliphatic carbocycles. The van der Waals surface area contributed by atoms with E-state index in [4.69, 9.17) is 0 Å². The normalized spacial score (nSPS) is 14.3. The number of benzene rings is 2. The van der Waals surface area contributed by atoms with E-state index in [-0.39, 0.29) is 18.4 Å². The third-order valence-corrected chi connectivity index (χ3v) is 4.59. The van der Waals surface area contributed by atoms with E-state index >= 15 is 0 Å². The van der Waals surface area contributed by atoms with Crippen LogP contribution in [-0.2, 0) is 17.9 Å². The molecule has 7 nitrogen and oxygen atoms in total. The van der Waals surface area contributed by atoms with Crippen molar-refractivity contribution >= 4 is 17.8 Å². The second-order valence-electron chi connectivity index (χ2n) is 6.81. The van der Waals surface area contributed by atoms with Crippen molar-refractivity contribution in [3.05, 3.63) is 71.3 Å². The summed E-state index contributed by atoms with van der Waals surface area (Å²) in [7, 11) is 0. The first-order valence-corrected chi connectivity index (χ1v) is 9.86. The van der Waals surface area contributed by atoms with Gasteiger partial charge in [-0.05, 0) is 30.2 Å². The Morgan fingerprint density at radius 3 is 2.52 bits per heavy atom. The van der Waals surface area contributed by atoms with Crippen molar-refractivity contribution in [3.8, 4) is 0 Å². The summed E-state index contributed by atoms with van der Waals surface area (Å²) in [5, 5.41) is 9.28. The van der Waals surface area contributed by atoms with Crippen molar-refractivity contribution in [3.63, 3.8) is 0 Å². The number of nitrogens with one attached hydrogen (secondary N) is 3. The van der Waals surface area contributed by atoms with Crippen molar-refractivity contribution in [1.82, 2.24) is 20.9 Å². The monoisotopic (exact) mass is 393 g/mol. The van der Waals surface area contributed by atoms with Gasteiger partial charge in [0.1, 0.15) is 0 Å². The predicted octanol–water partition coefficient (Wildman–Crippen LogP) is 1.51. The van der Waals surface area contributed by atoms with Crippen molar-refractivity contribution in [2.24, 2.45) is 4.99 Å². The zero-order chi connectivity index (χ0) is 20.5. The van der Waals surface area contributed by atoms with Crippen LogP contribution < -0.4 is 16.0 Å². The van der Waals surface area contributed by atoms with Crippen LogP contribution in [0.4, 0.5) is 0 Å². The lowest BCUT2D eigenvalue weighted by atomic mass is 10.1. The average molecular weight is 393 g/mol. The van der Waals surface area contributed by atoms with Crippen LogP contribution in [0, 0.1) is 0 Å². The Morgan fingerprint density at radius 2 is 1.83 bits per heavy atom. The van der Waals surface area contributed by atoms with Crippen LogP contribution in [0.25, 0.3) is 0 Å². The van der Waals surface area contributed by atoms with Gasteiger partial charge in [-0.3, -0.25) is 9.59 Å². The molecular formula is C22H27N5O2. The van der Waals surface area contributed by atoms with Crippen molar-refractivity contribution in [2.75, 3.05) is 26.2 Å². The standard InChI is InChI=1S/C22H27N5O2/c1-2-23-22(25-14-17-6-4-3-5-7-17)26-15-18-8-10-19(11-9-18)21(29)27-13-12-24-20(28)16-27/h3-11H,2,12-16H2,1H3,(H,24,28)(H2,23,25,26). The molecule has 1 aliphatic rings. The molecule has 2 amide bonds. The summed E-state index contributed by atoms with van der Waals surface area (Å²) in [4.78, 5) is 30.2. The number of carbonyl (C=O) groups excluding carboxylic acids is 2. The molecular weight excluding hydrogens is 366 g/mol. The maximum absolute atomic E-state index is 12.5. The zero-order valence-electron chi connectivity index (χ0n) is 16.6. The summed E-state index contributed by atoms with van der Waals surface area (Å²) in [6, 6.07) is 17.6. The van der Waals surface area contributed by atoms with Gasteiger partial charge in [0.15, 0.2) is 5.96 Å². The molecule has 0 bridgehead atoms. The molecule has 0 aromatic heterocycles. The van der Waals surface area contributed by atoms with E-state index in [1.807, 2.05) is 37.3 Å². The van der Waals surface area contributed by atoms with Gasteiger partial charge in [-0.25, -0.2) is 4.99 Å². The third kappa shape index (κ3) is 6.07. The van der Waals surface area contributed by atoms with E-state index in [0.29, 0.717) is 31.7 Å². The maximum Gasteiger partial charge on any atom is 0.254 e. The van der Waals surface area contributed by atoms with Gasteiger partial charge >= 0.3 is 0 Å². The van der Waals surface area contributed by atoms with Crippen molar-refractivity contribution in [2.45, 2.75) is 20.0 Å². The Kier molecular flexibility index (Phi) is 7.22. The van der Waals surface area contributed by atoms with Crippen LogP contribution in [0.5, 0.6) is 0 Å². The molecule has 3 N–H and O–H groups in total. The molecule has 29 heavy (non-hydrogen) atoms. The Morgan fingerprint density at radius 1 is 1.07 bits per heavy atom. The largest absolute Gasteiger partial charge is 0.357 e. The smallest absolute Gasteiger partial charge is 0.254 e. The van der Waals surface area contributed by atoms with E-state index in [2.05, 4.69) is 33.1 Å². The molecule has 1 aliphatic heterocycles. The zero-order valence-corrected chi connectivity index (χ0v) is 16.6. The van der Waals surface area contributed by atoms with Gasteiger partial charge in [0.2, 0.25) is 5.91 Å². The van der Waals surface area contributed by atoms with Gasteiger partial charge in [-0.15, -0.1) is 0 Å². The number of hydrogen-bond acceptors (Lipinski definition) is 3. The lowest BCUT2D eigenvalue weighted by molar-refractivity contribution is -0.123. The van der Waals surface area contributed by atoms with Crippen LogP contribution in [0.15, 0.2) is 59.6 Å². The fourth-order valence-electron chi connectivity index (χ4n) is 3.04. The minimum absolute atomic E-state index is 0.114. The van der Waals surface area contributed by atoms with Crippen LogP contribution >= 0.6 is 0 Å². The number of hydrogen-bond donors (Lipinski definition) is 3. The molecule has 3 rings (SSSR count). The minimum Gasteiger partial charge on any atom is -0.357 e. The van der Waals surface area contributed by atoms with Crippen LogP contribution in [0.3, 0.4) is 0 Å². The molecule has 1 heterocycles. The summed E-state index contributed by atoms with van der Waals surface area (Å²) >= 11 is 0. The molecule has 2 aromatic rings. The van der Waals surface area contributed by atoms with Gasteiger partial charge in [-0.2, -0.15) is 0 Å². The number of carbonyl (C=O) groups is 2. The van der Waals surface area contributed by atoms with Gasteiger partial charge in [-0.1, -0.05) is 42.5 Å². The first kappa shape index (κ1) is 20.4. The summed E-state index contributed by atoms with van der Waals surface area (Å²) in [6.45, 7) is 5.17. The lowest BCUT2D eigenvalue weighted by Crippen LogP contribution is -2.49. The van der Waals surface area contributed by atoms with Crippen LogP contribution in [0.1, 0.15) is 28.4 Å². The Hall–Kier alpha value is -3.35. The highest BCUT2D eigenvalue weighted by molar-refractivity contribution is 5.97. The highest BCUT2D eigenvalue weighted by atomic mass is 16.2. The van der Waals surface area contributed by atoms with E-state index < -0.39 is 0 Å². The quantitative estimate of drug-likeness (QED) is 0.513. The van der Waals surface area contributed by atoms with Crippen molar-refractivity contribution < 1.29 is 9.59 Å². The first-order valence-electron chi connectivity index (χ1n) is 9.86. The second kappa shape index (κ2) is 10.3. The summed E-state index contributed by atoms with van der Waals surface area (Å²) in [5.74, 6) is 0.518. The molecule has 0 spiro atoms. The van der Waals surface area contributed by atoms with E-state index in [0.717, 1.165) is 23.6 Å². The predicted molar refractivity (Wildman–Crippen MR) is 113 cm³/mol. The summed E-state index contributed by atoms with van der Waals surface area (Å²) < 4.78 is 0.